The van der Waals surface area contributed by atoms with Gasteiger partial charge in [-0.15, -0.1) is 0 Å². The van der Waals surface area contributed by atoms with Crippen molar-refractivity contribution in [1.82, 2.24) is 28.0 Å². The third kappa shape index (κ3) is 3.30. The molecule has 0 radical (unpaired) electrons. The highest BCUT2D eigenvalue weighted by Gasteiger charge is 2.23. The first-order valence-corrected chi connectivity index (χ1v) is 11.4. The second-order valence-corrected chi connectivity index (χ2v) is 8.88. The Morgan fingerprint density at radius 3 is 2.47 bits per heavy atom. The van der Waals surface area contributed by atoms with E-state index < -0.39 is 0 Å². The predicted octanol–water partition coefficient (Wildman–Crippen LogP) is 2.55. The zero-order valence-electron chi connectivity index (χ0n) is 19.0. The predicted molar refractivity (Wildman–Crippen MR) is 125 cm³/mol. The van der Waals surface area contributed by atoms with Gasteiger partial charge in [0, 0.05) is 32.0 Å². The van der Waals surface area contributed by atoms with Gasteiger partial charge >= 0.3 is 5.69 Å². The van der Waals surface area contributed by atoms with E-state index in [-0.39, 0.29) is 17.3 Å². The molecule has 1 aromatic carbocycles. The van der Waals surface area contributed by atoms with Gasteiger partial charge in [0.1, 0.15) is 0 Å². The zero-order valence-corrected chi connectivity index (χ0v) is 19.0. The molecule has 8 heteroatoms. The molecule has 0 spiro atoms. The van der Waals surface area contributed by atoms with E-state index in [4.69, 9.17) is 4.98 Å². The summed E-state index contributed by atoms with van der Waals surface area (Å²) in [6.07, 6.45) is 5.57. The molecule has 0 unspecified atom stereocenters. The van der Waals surface area contributed by atoms with Gasteiger partial charge in [-0.05, 0) is 45.3 Å². The average molecular weight is 435 g/mol. The summed E-state index contributed by atoms with van der Waals surface area (Å²) in [6, 6.07) is 10.3. The Kier molecular flexibility index (Phi) is 5.25. The van der Waals surface area contributed by atoms with Gasteiger partial charge in [-0.25, -0.2) is 4.79 Å². The maximum Gasteiger partial charge on any atom is 0.332 e. The van der Waals surface area contributed by atoms with E-state index in [2.05, 4.69) is 28.5 Å². The molecular weight excluding hydrogens is 404 g/mol. The molecule has 0 bridgehead atoms. The number of aromatic nitrogens is 5. The summed E-state index contributed by atoms with van der Waals surface area (Å²) in [5.41, 5.74) is 2.49. The number of hydrogen-bond donors (Lipinski definition) is 0. The quantitative estimate of drug-likeness (QED) is 0.484. The maximum absolute atomic E-state index is 13.5. The van der Waals surface area contributed by atoms with Crippen molar-refractivity contribution in [2.45, 2.75) is 45.7 Å². The maximum atomic E-state index is 13.5. The summed E-state index contributed by atoms with van der Waals surface area (Å²) in [7, 11) is 1.70. The standard InChI is InChI=1S/C24H30N6O2/c1-17-16-29-20-21(25-23(29)30(17)18(2)19-10-6-4-7-11-19)26(3)24(32)28(22(20)31)15-14-27-12-8-5-9-13-27/h4,6-7,10-11,16,18H,5,8-9,12-15H2,1-3H3/t18-/m0/s1. The van der Waals surface area contributed by atoms with Gasteiger partial charge in [0.25, 0.3) is 5.56 Å². The van der Waals surface area contributed by atoms with Gasteiger partial charge in [-0.2, -0.15) is 4.98 Å². The lowest BCUT2D eigenvalue weighted by Gasteiger charge is -2.26. The molecule has 168 valence electrons. The van der Waals surface area contributed by atoms with Gasteiger partial charge in [-0.3, -0.25) is 18.3 Å². The number of piperidine rings is 1. The van der Waals surface area contributed by atoms with E-state index in [9.17, 15) is 9.59 Å². The molecule has 4 heterocycles. The third-order valence-corrected chi connectivity index (χ3v) is 6.83. The van der Waals surface area contributed by atoms with Crippen LogP contribution in [-0.4, -0.2) is 47.6 Å². The van der Waals surface area contributed by atoms with Crippen LogP contribution in [0, 0.1) is 6.92 Å². The van der Waals surface area contributed by atoms with E-state index >= 15 is 0 Å². The molecule has 0 amide bonds. The van der Waals surface area contributed by atoms with Gasteiger partial charge in [0.2, 0.25) is 5.78 Å². The Morgan fingerprint density at radius 2 is 1.75 bits per heavy atom. The number of imidazole rings is 2. The molecule has 32 heavy (non-hydrogen) atoms. The fourth-order valence-corrected chi connectivity index (χ4v) is 5.01. The van der Waals surface area contributed by atoms with E-state index in [1.165, 1.54) is 28.4 Å². The van der Waals surface area contributed by atoms with Crippen LogP contribution in [0.1, 0.15) is 43.5 Å². The molecule has 4 aromatic rings. The molecule has 5 rings (SSSR count). The van der Waals surface area contributed by atoms with Crippen molar-refractivity contribution in [1.29, 1.82) is 0 Å². The summed E-state index contributed by atoms with van der Waals surface area (Å²) >= 11 is 0. The largest absolute Gasteiger partial charge is 0.332 e. The molecule has 1 aliphatic rings. The summed E-state index contributed by atoms with van der Waals surface area (Å²) in [4.78, 5) is 33.6. The van der Waals surface area contributed by atoms with Crippen LogP contribution in [0.15, 0.2) is 46.1 Å². The van der Waals surface area contributed by atoms with Crippen molar-refractivity contribution in [3.05, 3.63) is 68.6 Å². The molecule has 1 fully saturated rings. The summed E-state index contributed by atoms with van der Waals surface area (Å²) in [5, 5.41) is 0. The number of hydrogen-bond acceptors (Lipinski definition) is 4. The summed E-state index contributed by atoms with van der Waals surface area (Å²) in [5.74, 6) is 0.676. The fourth-order valence-electron chi connectivity index (χ4n) is 5.01. The van der Waals surface area contributed by atoms with Gasteiger partial charge in [0.15, 0.2) is 11.2 Å². The zero-order chi connectivity index (χ0) is 22.4. The van der Waals surface area contributed by atoms with Gasteiger partial charge < -0.3 is 9.47 Å². The molecule has 0 N–H and O–H groups in total. The number of benzene rings is 1. The molecule has 8 nitrogen and oxygen atoms in total. The number of nitrogens with zero attached hydrogens (tertiary/aromatic N) is 6. The minimum atomic E-state index is -0.306. The van der Waals surface area contributed by atoms with E-state index in [0.29, 0.717) is 30.0 Å². The first-order chi connectivity index (χ1) is 15.5. The topological polar surface area (TPSA) is 69.5 Å². The van der Waals surface area contributed by atoms with E-state index in [1.807, 2.05) is 35.7 Å². The van der Waals surface area contributed by atoms with Crippen LogP contribution in [0.25, 0.3) is 16.9 Å². The molecule has 3 aromatic heterocycles. The highest BCUT2D eigenvalue weighted by molar-refractivity contribution is 5.75. The Labute approximate surface area is 186 Å². The Bertz CT molecular complexity index is 1390. The van der Waals surface area contributed by atoms with Gasteiger partial charge in [0.05, 0.1) is 6.04 Å². The number of aryl methyl sites for hydroxylation is 2. The Morgan fingerprint density at radius 1 is 1.03 bits per heavy atom. The first kappa shape index (κ1) is 20.8. The number of rotatable bonds is 5. The average Bonchev–Trinajstić information content (AvgIpc) is 3.33. The molecular formula is C24H30N6O2. The van der Waals surface area contributed by atoms with Crippen LogP contribution in [0.5, 0.6) is 0 Å². The second kappa shape index (κ2) is 8.09. The third-order valence-electron chi connectivity index (χ3n) is 6.83. The lowest BCUT2D eigenvalue weighted by atomic mass is 10.1. The molecule has 0 saturated carbocycles. The smallest absolute Gasteiger partial charge is 0.307 e. The Balaban J connectivity index is 1.63. The second-order valence-electron chi connectivity index (χ2n) is 8.88. The van der Waals surface area contributed by atoms with Crippen LogP contribution in [-0.2, 0) is 13.6 Å². The SMILES string of the molecule is Cc1cn2c3c(=O)n(CCN4CCCCC4)c(=O)n(C)c3nc2n1[C@@H](C)c1ccccc1. The van der Waals surface area contributed by atoms with Crippen molar-refractivity contribution in [2.24, 2.45) is 7.05 Å². The van der Waals surface area contributed by atoms with Crippen molar-refractivity contribution in [3.63, 3.8) is 0 Å². The van der Waals surface area contributed by atoms with Crippen molar-refractivity contribution in [2.75, 3.05) is 19.6 Å². The highest BCUT2D eigenvalue weighted by atomic mass is 16.2. The minimum absolute atomic E-state index is 0.0452. The Hall–Kier alpha value is -3.13. The van der Waals surface area contributed by atoms with E-state index in [1.54, 1.807) is 7.05 Å². The molecule has 1 saturated heterocycles. The molecule has 1 atom stereocenters. The highest BCUT2D eigenvalue weighted by Crippen LogP contribution is 2.25. The lowest BCUT2D eigenvalue weighted by Crippen LogP contribution is -2.43. The van der Waals surface area contributed by atoms with E-state index in [0.717, 1.165) is 24.3 Å². The summed E-state index contributed by atoms with van der Waals surface area (Å²) < 4.78 is 6.85. The van der Waals surface area contributed by atoms with Crippen LogP contribution in [0.4, 0.5) is 0 Å². The van der Waals surface area contributed by atoms with Crippen molar-refractivity contribution < 1.29 is 0 Å². The monoisotopic (exact) mass is 434 g/mol. The van der Waals surface area contributed by atoms with Crippen LogP contribution < -0.4 is 11.2 Å². The molecule has 0 aliphatic carbocycles. The first-order valence-electron chi connectivity index (χ1n) is 11.4. The number of likely N-dealkylation sites (tertiary alicyclic amines) is 1. The van der Waals surface area contributed by atoms with Crippen LogP contribution in [0.2, 0.25) is 0 Å². The van der Waals surface area contributed by atoms with Gasteiger partial charge in [-0.1, -0.05) is 36.8 Å². The van der Waals surface area contributed by atoms with Crippen LogP contribution in [0.3, 0.4) is 0 Å². The summed E-state index contributed by atoms with van der Waals surface area (Å²) in [6.45, 7) is 7.33. The number of fused-ring (bicyclic) bond motifs is 3. The minimum Gasteiger partial charge on any atom is -0.307 e. The fraction of sp³-hybridized carbons (Fsp3) is 0.458. The molecule has 1 aliphatic heterocycles. The lowest BCUT2D eigenvalue weighted by molar-refractivity contribution is 0.218. The van der Waals surface area contributed by atoms with Crippen molar-refractivity contribution >= 4 is 16.9 Å². The van der Waals surface area contributed by atoms with Crippen LogP contribution >= 0.6 is 0 Å². The van der Waals surface area contributed by atoms with Crippen molar-refractivity contribution in [3.8, 4) is 0 Å². The normalized spacial score (nSPS) is 16.2.